The number of aryl methyl sites for hydroxylation is 1. The van der Waals surface area contributed by atoms with Crippen LogP contribution in [0.2, 0.25) is 0 Å². The second-order valence-electron chi connectivity index (χ2n) is 6.43. The monoisotopic (exact) mass is 291 g/mol. The third kappa shape index (κ3) is 2.77. The van der Waals surface area contributed by atoms with E-state index in [0.717, 1.165) is 30.6 Å². The van der Waals surface area contributed by atoms with Crippen LogP contribution in [0, 0.1) is 0 Å². The van der Waals surface area contributed by atoms with Crippen molar-refractivity contribution in [3.05, 3.63) is 29.3 Å². The van der Waals surface area contributed by atoms with E-state index in [1.807, 2.05) is 19.9 Å². The molecule has 0 bridgehead atoms. The highest BCUT2D eigenvalue weighted by Gasteiger charge is 2.48. The van der Waals surface area contributed by atoms with E-state index >= 15 is 0 Å². The summed E-state index contributed by atoms with van der Waals surface area (Å²) in [5, 5.41) is 0. The number of carbonyl (C=O) groups excluding carboxylic acids is 1. The minimum absolute atomic E-state index is 0.211. The van der Waals surface area contributed by atoms with Crippen LogP contribution < -0.4 is 10.5 Å². The number of methoxy groups -OCH3 is 2. The Bertz CT molecular complexity index is 533. The van der Waals surface area contributed by atoms with Crippen LogP contribution >= 0.6 is 0 Å². The first kappa shape index (κ1) is 15.8. The predicted octanol–water partition coefficient (Wildman–Crippen LogP) is 2.57. The van der Waals surface area contributed by atoms with Crippen LogP contribution in [0.15, 0.2) is 18.2 Å². The molecule has 21 heavy (non-hydrogen) atoms. The zero-order chi connectivity index (χ0) is 15.7. The van der Waals surface area contributed by atoms with Gasteiger partial charge in [0, 0.05) is 11.0 Å². The molecule has 0 saturated carbocycles. The molecule has 1 aromatic carbocycles. The molecule has 0 aromatic heterocycles. The van der Waals surface area contributed by atoms with Gasteiger partial charge in [-0.1, -0.05) is 6.07 Å². The fourth-order valence-electron chi connectivity index (χ4n) is 3.49. The average molecular weight is 291 g/mol. The molecular formula is C17H25NO3. The van der Waals surface area contributed by atoms with Gasteiger partial charge >= 0.3 is 5.97 Å². The number of fused-ring (bicyclic) bond motifs is 1. The van der Waals surface area contributed by atoms with Gasteiger partial charge in [-0.05, 0) is 56.4 Å². The fourth-order valence-corrected chi connectivity index (χ4v) is 3.49. The lowest BCUT2D eigenvalue weighted by Crippen LogP contribution is -2.56. The van der Waals surface area contributed by atoms with Gasteiger partial charge in [0.2, 0.25) is 0 Å². The minimum Gasteiger partial charge on any atom is -0.497 e. The number of carbonyl (C=O) groups is 1. The quantitative estimate of drug-likeness (QED) is 0.866. The molecule has 116 valence electrons. The number of benzene rings is 1. The Labute approximate surface area is 126 Å². The third-order valence-corrected chi connectivity index (χ3v) is 4.78. The SMILES string of the molecule is COC(=O)CC1(C(C)(C)N)CCCc2cc(OC)ccc21. The zero-order valence-corrected chi connectivity index (χ0v) is 13.4. The van der Waals surface area contributed by atoms with E-state index in [1.54, 1.807) is 7.11 Å². The van der Waals surface area contributed by atoms with Crippen molar-refractivity contribution >= 4 is 5.97 Å². The smallest absolute Gasteiger partial charge is 0.306 e. The fraction of sp³-hybridized carbons (Fsp3) is 0.588. The molecule has 4 nitrogen and oxygen atoms in total. The predicted molar refractivity (Wildman–Crippen MR) is 82.5 cm³/mol. The first-order valence-electron chi connectivity index (χ1n) is 7.37. The summed E-state index contributed by atoms with van der Waals surface area (Å²) in [7, 11) is 3.09. The van der Waals surface area contributed by atoms with Gasteiger partial charge in [-0.15, -0.1) is 0 Å². The molecule has 2 rings (SSSR count). The zero-order valence-electron chi connectivity index (χ0n) is 13.4. The van der Waals surface area contributed by atoms with Crippen molar-refractivity contribution in [2.24, 2.45) is 5.73 Å². The van der Waals surface area contributed by atoms with Crippen LogP contribution in [0.3, 0.4) is 0 Å². The molecular weight excluding hydrogens is 266 g/mol. The molecule has 1 unspecified atom stereocenters. The lowest BCUT2D eigenvalue weighted by atomic mass is 9.59. The Morgan fingerprint density at radius 3 is 2.67 bits per heavy atom. The molecule has 0 heterocycles. The number of nitrogens with two attached hydrogens (primary N) is 1. The van der Waals surface area contributed by atoms with Crippen LogP contribution in [0.1, 0.15) is 44.2 Å². The van der Waals surface area contributed by atoms with Gasteiger partial charge in [0.1, 0.15) is 5.75 Å². The molecule has 1 atom stereocenters. The van der Waals surface area contributed by atoms with Gasteiger partial charge in [0.25, 0.3) is 0 Å². The average Bonchev–Trinajstić information content (AvgIpc) is 2.45. The topological polar surface area (TPSA) is 61.5 Å². The van der Waals surface area contributed by atoms with Crippen molar-refractivity contribution < 1.29 is 14.3 Å². The first-order chi connectivity index (χ1) is 9.84. The maximum atomic E-state index is 12.0. The molecule has 0 radical (unpaired) electrons. The molecule has 1 aliphatic carbocycles. The summed E-state index contributed by atoms with van der Waals surface area (Å²) in [6.45, 7) is 3.99. The van der Waals surface area contributed by atoms with Crippen LogP contribution in [0.4, 0.5) is 0 Å². The molecule has 0 saturated heterocycles. The van der Waals surface area contributed by atoms with Crippen molar-refractivity contribution in [3.8, 4) is 5.75 Å². The van der Waals surface area contributed by atoms with Gasteiger partial charge < -0.3 is 15.2 Å². The van der Waals surface area contributed by atoms with E-state index in [1.165, 1.54) is 12.7 Å². The Kier molecular flexibility index (Phi) is 4.28. The highest BCUT2D eigenvalue weighted by Crippen LogP contribution is 2.47. The Morgan fingerprint density at radius 1 is 1.38 bits per heavy atom. The largest absolute Gasteiger partial charge is 0.497 e. The summed E-state index contributed by atoms with van der Waals surface area (Å²) in [6.07, 6.45) is 3.21. The highest BCUT2D eigenvalue weighted by molar-refractivity contribution is 5.72. The van der Waals surface area contributed by atoms with Crippen molar-refractivity contribution in [2.75, 3.05) is 14.2 Å². The Balaban J connectivity index is 2.56. The van der Waals surface area contributed by atoms with Crippen molar-refractivity contribution in [1.82, 2.24) is 0 Å². The van der Waals surface area contributed by atoms with Crippen LogP contribution in [-0.2, 0) is 21.4 Å². The Morgan fingerprint density at radius 2 is 2.10 bits per heavy atom. The van der Waals surface area contributed by atoms with Gasteiger partial charge in [-0.2, -0.15) is 0 Å². The summed E-state index contributed by atoms with van der Waals surface area (Å²) in [6, 6.07) is 6.07. The van der Waals surface area contributed by atoms with E-state index in [0.29, 0.717) is 6.42 Å². The van der Waals surface area contributed by atoms with E-state index in [-0.39, 0.29) is 11.4 Å². The maximum absolute atomic E-state index is 12.0. The summed E-state index contributed by atoms with van der Waals surface area (Å²) in [5.74, 6) is 0.634. The first-order valence-corrected chi connectivity index (χ1v) is 7.37. The summed E-state index contributed by atoms with van der Waals surface area (Å²) in [4.78, 5) is 12.0. The third-order valence-electron chi connectivity index (χ3n) is 4.78. The molecule has 0 amide bonds. The van der Waals surface area contributed by atoms with Crippen LogP contribution in [0.5, 0.6) is 5.75 Å². The molecule has 1 aromatic rings. The summed E-state index contributed by atoms with van der Waals surface area (Å²) in [5.41, 5.74) is 7.98. The maximum Gasteiger partial charge on any atom is 0.306 e. The van der Waals surface area contributed by atoms with Gasteiger partial charge in [-0.25, -0.2) is 0 Å². The van der Waals surface area contributed by atoms with Crippen molar-refractivity contribution in [3.63, 3.8) is 0 Å². The minimum atomic E-state index is -0.509. The highest BCUT2D eigenvalue weighted by atomic mass is 16.5. The van der Waals surface area contributed by atoms with E-state index < -0.39 is 5.54 Å². The standard InChI is InChI=1S/C17H25NO3/c1-16(2,18)17(11-15(19)21-4)9-5-6-12-10-13(20-3)7-8-14(12)17/h7-8,10H,5-6,9,11,18H2,1-4H3. The van der Waals surface area contributed by atoms with Gasteiger partial charge in [0.05, 0.1) is 20.6 Å². The molecule has 4 heteroatoms. The van der Waals surface area contributed by atoms with E-state index in [2.05, 4.69) is 12.1 Å². The molecule has 1 aliphatic rings. The molecule has 0 aliphatic heterocycles. The lowest BCUT2D eigenvalue weighted by Gasteiger charge is -2.48. The normalized spacial score (nSPS) is 21.6. The van der Waals surface area contributed by atoms with E-state index in [9.17, 15) is 4.79 Å². The van der Waals surface area contributed by atoms with Crippen LogP contribution in [0.25, 0.3) is 0 Å². The number of hydrogen-bond donors (Lipinski definition) is 1. The summed E-state index contributed by atoms with van der Waals surface area (Å²) >= 11 is 0. The Hall–Kier alpha value is -1.55. The number of hydrogen-bond acceptors (Lipinski definition) is 4. The van der Waals surface area contributed by atoms with Crippen LogP contribution in [-0.4, -0.2) is 25.7 Å². The molecule has 0 fully saturated rings. The second-order valence-corrected chi connectivity index (χ2v) is 6.43. The molecule has 0 spiro atoms. The van der Waals surface area contributed by atoms with E-state index in [4.69, 9.17) is 15.2 Å². The van der Waals surface area contributed by atoms with Crippen molar-refractivity contribution in [1.29, 1.82) is 0 Å². The number of ether oxygens (including phenoxy) is 2. The lowest BCUT2D eigenvalue weighted by molar-refractivity contribution is -0.143. The van der Waals surface area contributed by atoms with Crippen molar-refractivity contribution in [2.45, 2.75) is 50.5 Å². The summed E-state index contributed by atoms with van der Waals surface area (Å²) < 4.78 is 10.2. The number of esters is 1. The molecule has 2 N–H and O–H groups in total. The number of rotatable bonds is 4. The second kappa shape index (κ2) is 5.68. The van der Waals surface area contributed by atoms with Gasteiger partial charge in [0.15, 0.2) is 0 Å². The van der Waals surface area contributed by atoms with Gasteiger partial charge in [-0.3, -0.25) is 4.79 Å².